The average Bonchev–Trinajstić information content (AvgIpc) is 2.47. The van der Waals surface area contributed by atoms with E-state index < -0.39 is 0 Å². The van der Waals surface area contributed by atoms with Crippen molar-refractivity contribution in [2.45, 2.75) is 26.1 Å². The summed E-state index contributed by atoms with van der Waals surface area (Å²) >= 11 is 0. The Balaban J connectivity index is 2.23. The number of carbonyl (C=O) groups is 1. The van der Waals surface area contributed by atoms with E-state index in [1.54, 1.807) is 15.8 Å². The molecule has 1 aromatic heterocycles. The van der Waals surface area contributed by atoms with Gasteiger partial charge in [0.2, 0.25) is 11.2 Å². The Bertz CT molecular complexity index is 630. The van der Waals surface area contributed by atoms with Crippen LogP contribution in [0.25, 0.3) is 0 Å². The number of rotatable bonds is 2. The number of ether oxygens (including phenoxy) is 1. The van der Waals surface area contributed by atoms with Crippen LogP contribution in [0, 0.1) is 0 Å². The summed E-state index contributed by atoms with van der Waals surface area (Å²) in [7, 11) is 2.04. The third-order valence-electron chi connectivity index (χ3n) is 3.80. The molecule has 1 saturated heterocycles. The van der Waals surface area contributed by atoms with Crippen LogP contribution < -0.4 is 15.0 Å². The third kappa shape index (κ3) is 2.12. The molecule has 1 unspecified atom stereocenters. The van der Waals surface area contributed by atoms with Gasteiger partial charge >= 0.3 is 0 Å². The van der Waals surface area contributed by atoms with Crippen LogP contribution in [0.3, 0.4) is 0 Å². The van der Waals surface area contributed by atoms with Gasteiger partial charge < -0.3 is 14.2 Å². The quantitative estimate of drug-likeness (QED) is 0.729. The minimum absolute atomic E-state index is 0.0584. The number of hydrogen-bond acceptors (Lipinski definition) is 5. The molecule has 0 aromatic carbocycles. The first-order valence-corrected chi connectivity index (χ1v) is 7.33. The first kappa shape index (κ1) is 14.4. The Labute approximate surface area is 124 Å². The molecule has 0 aliphatic carbocycles. The van der Waals surface area contributed by atoms with Crippen LogP contribution in [0.1, 0.15) is 24.3 Å². The summed E-state index contributed by atoms with van der Waals surface area (Å²) < 4.78 is 12.3. The molecule has 1 aromatic rings. The molecule has 8 heteroatoms. The number of pyridine rings is 1. The third-order valence-corrected chi connectivity index (χ3v) is 4.04. The maximum absolute atomic E-state index is 12.7. The molecule has 7 nitrogen and oxygen atoms in total. The van der Waals surface area contributed by atoms with E-state index in [2.05, 4.69) is 0 Å². The van der Waals surface area contributed by atoms with Crippen LogP contribution in [0.2, 0.25) is 0 Å². The van der Waals surface area contributed by atoms with Gasteiger partial charge in [-0.3, -0.25) is 19.3 Å². The highest BCUT2D eigenvalue weighted by Crippen LogP contribution is 2.27. The standard InChI is InChI=1S/C13H18N3O4P/c1-8(2)16-10-7-19-6-5-14(10)13(18)11-12(20-21)9(17)3-4-15(11)16/h3-4,8,10H,5-7,21H2,1-2H3/t10-/m1/s1. The van der Waals surface area contributed by atoms with Crippen LogP contribution in [0.4, 0.5) is 0 Å². The molecule has 21 heavy (non-hydrogen) atoms. The zero-order valence-corrected chi connectivity index (χ0v) is 13.1. The lowest BCUT2D eigenvalue weighted by Gasteiger charge is -2.50. The van der Waals surface area contributed by atoms with Crippen LogP contribution in [-0.2, 0) is 4.74 Å². The first-order valence-electron chi connectivity index (χ1n) is 6.86. The van der Waals surface area contributed by atoms with Crippen LogP contribution in [0.5, 0.6) is 5.75 Å². The molecule has 1 fully saturated rings. The summed E-state index contributed by atoms with van der Waals surface area (Å²) in [5.74, 6) is -0.140. The van der Waals surface area contributed by atoms with Gasteiger partial charge in [-0.2, -0.15) is 0 Å². The van der Waals surface area contributed by atoms with Gasteiger partial charge in [-0.15, -0.1) is 0 Å². The highest BCUT2D eigenvalue weighted by Gasteiger charge is 2.42. The van der Waals surface area contributed by atoms with Crippen molar-refractivity contribution in [1.82, 2.24) is 9.58 Å². The maximum atomic E-state index is 12.7. The van der Waals surface area contributed by atoms with Crippen molar-refractivity contribution in [3.05, 3.63) is 28.2 Å². The molecule has 3 rings (SSSR count). The number of carbonyl (C=O) groups excluding carboxylic acids is 1. The molecule has 3 heterocycles. The van der Waals surface area contributed by atoms with Gasteiger partial charge in [0.15, 0.2) is 5.69 Å². The number of aromatic nitrogens is 1. The number of amides is 1. The van der Waals surface area contributed by atoms with Crippen LogP contribution in [0.15, 0.2) is 17.1 Å². The fourth-order valence-electron chi connectivity index (χ4n) is 2.93. The molecular formula is C13H18N3O4P. The largest absolute Gasteiger partial charge is 0.474 e. The SMILES string of the molecule is CC(C)N1[C@@H]2COCCN2C(=O)c2c(OP)c(=O)ccn21. The lowest BCUT2D eigenvalue weighted by Crippen LogP contribution is -2.67. The minimum Gasteiger partial charge on any atom is -0.474 e. The molecule has 0 spiro atoms. The predicted octanol–water partition coefficient (Wildman–Crippen LogP) is 0.176. The van der Waals surface area contributed by atoms with E-state index in [9.17, 15) is 9.59 Å². The monoisotopic (exact) mass is 311 g/mol. The van der Waals surface area contributed by atoms with Crippen LogP contribution >= 0.6 is 9.47 Å². The fraction of sp³-hybridized carbons (Fsp3) is 0.538. The van der Waals surface area contributed by atoms with Crippen molar-refractivity contribution in [3.8, 4) is 5.75 Å². The summed E-state index contributed by atoms with van der Waals surface area (Å²) in [5.41, 5.74) is -0.0376. The average molecular weight is 311 g/mol. The molecule has 114 valence electrons. The van der Waals surface area contributed by atoms with E-state index in [1.807, 2.05) is 28.3 Å². The van der Waals surface area contributed by atoms with E-state index in [0.29, 0.717) is 19.8 Å². The summed E-state index contributed by atoms with van der Waals surface area (Å²) in [6.07, 6.45) is 1.45. The number of morpholine rings is 1. The molecule has 2 atom stereocenters. The Morgan fingerprint density at radius 1 is 1.43 bits per heavy atom. The predicted molar refractivity (Wildman–Crippen MR) is 80.0 cm³/mol. The molecule has 2 aliphatic rings. The second-order valence-electron chi connectivity index (χ2n) is 5.35. The maximum Gasteiger partial charge on any atom is 0.278 e. The van der Waals surface area contributed by atoms with Gasteiger partial charge in [0.25, 0.3) is 5.91 Å². The molecule has 0 saturated carbocycles. The lowest BCUT2D eigenvalue weighted by molar-refractivity contribution is -0.0195. The van der Waals surface area contributed by atoms with E-state index in [4.69, 9.17) is 9.26 Å². The topological polar surface area (TPSA) is 64.0 Å². The van der Waals surface area contributed by atoms with Crippen molar-refractivity contribution in [2.75, 3.05) is 24.8 Å². The van der Waals surface area contributed by atoms with Crippen molar-refractivity contribution >= 4 is 15.4 Å². The molecular weight excluding hydrogens is 293 g/mol. The summed E-state index contributed by atoms with van der Waals surface area (Å²) in [4.78, 5) is 26.4. The van der Waals surface area contributed by atoms with E-state index in [1.165, 1.54) is 6.07 Å². The Hall–Kier alpha value is -1.59. The highest BCUT2D eigenvalue weighted by atomic mass is 31.0. The van der Waals surface area contributed by atoms with E-state index in [-0.39, 0.29) is 35.0 Å². The van der Waals surface area contributed by atoms with Gasteiger partial charge in [0.05, 0.1) is 22.7 Å². The second kappa shape index (κ2) is 5.31. The molecule has 1 amide bonds. The normalized spacial score (nSPS) is 21.3. The molecule has 0 bridgehead atoms. The Morgan fingerprint density at radius 3 is 2.86 bits per heavy atom. The summed E-state index contributed by atoms with van der Waals surface area (Å²) in [6.45, 7) is 5.53. The van der Waals surface area contributed by atoms with Crippen molar-refractivity contribution in [3.63, 3.8) is 0 Å². The van der Waals surface area contributed by atoms with E-state index >= 15 is 0 Å². The lowest BCUT2D eigenvalue weighted by atomic mass is 10.2. The Morgan fingerprint density at radius 2 is 2.19 bits per heavy atom. The van der Waals surface area contributed by atoms with Crippen molar-refractivity contribution < 1.29 is 14.1 Å². The van der Waals surface area contributed by atoms with Gasteiger partial charge in [-0.25, -0.2) is 0 Å². The van der Waals surface area contributed by atoms with Gasteiger partial charge in [0.1, 0.15) is 6.17 Å². The van der Waals surface area contributed by atoms with E-state index in [0.717, 1.165) is 0 Å². The highest BCUT2D eigenvalue weighted by molar-refractivity contribution is 7.10. The van der Waals surface area contributed by atoms with Crippen molar-refractivity contribution in [1.29, 1.82) is 0 Å². The second-order valence-corrected chi connectivity index (χ2v) is 5.58. The zero-order valence-electron chi connectivity index (χ0n) is 12.0. The molecule has 0 N–H and O–H groups in total. The number of fused-ring (bicyclic) bond motifs is 2. The van der Waals surface area contributed by atoms with Crippen molar-refractivity contribution in [2.24, 2.45) is 0 Å². The number of nitrogens with zero attached hydrogens (tertiary/aromatic N) is 3. The molecule has 2 aliphatic heterocycles. The zero-order chi connectivity index (χ0) is 15.1. The smallest absolute Gasteiger partial charge is 0.278 e. The fourth-order valence-corrected chi connectivity index (χ4v) is 3.16. The van der Waals surface area contributed by atoms with Gasteiger partial charge in [0, 0.05) is 24.8 Å². The summed E-state index contributed by atoms with van der Waals surface area (Å²) in [5, 5.41) is 2.03. The first-order chi connectivity index (χ1) is 10.1. The van der Waals surface area contributed by atoms with Gasteiger partial charge in [-0.05, 0) is 13.8 Å². The Kier molecular flexibility index (Phi) is 3.63. The summed E-state index contributed by atoms with van der Waals surface area (Å²) in [6, 6.07) is 1.54. The molecule has 0 radical (unpaired) electrons. The van der Waals surface area contributed by atoms with Crippen LogP contribution in [-0.4, -0.2) is 47.4 Å². The minimum atomic E-state index is -0.306. The van der Waals surface area contributed by atoms with Gasteiger partial charge in [-0.1, -0.05) is 0 Å². The number of hydrogen-bond donors (Lipinski definition) is 0.